The van der Waals surface area contributed by atoms with Gasteiger partial charge in [-0.3, -0.25) is 9.69 Å². The highest BCUT2D eigenvalue weighted by atomic mass is 19.1. The number of rotatable bonds is 13. The summed E-state index contributed by atoms with van der Waals surface area (Å²) in [6.07, 6.45) is 5.25. The number of aromatic nitrogens is 6. The molecule has 5 heterocycles. The number of likely N-dealkylation sites (tertiary alicyclic amines) is 1. The molecule has 0 unspecified atom stereocenters. The Morgan fingerprint density at radius 3 is 2.65 bits per heavy atom. The van der Waals surface area contributed by atoms with Crippen molar-refractivity contribution in [2.75, 3.05) is 13.1 Å². The fourth-order valence-electron chi connectivity index (χ4n) is 5.70. The number of benzene rings is 1. The highest BCUT2D eigenvalue weighted by Crippen LogP contribution is 2.24. The number of piperidine rings is 1. The van der Waals surface area contributed by atoms with Crippen LogP contribution in [0.5, 0.6) is 11.6 Å². The second kappa shape index (κ2) is 14.6. The summed E-state index contributed by atoms with van der Waals surface area (Å²) < 4.78 is 44.4. The van der Waals surface area contributed by atoms with Crippen LogP contribution in [-0.4, -0.2) is 64.2 Å². The minimum absolute atomic E-state index is 0.000236. The molecule has 0 spiro atoms. The molecule has 1 aliphatic rings. The molecule has 0 atom stereocenters. The molecule has 6 rings (SSSR count). The van der Waals surface area contributed by atoms with E-state index in [1.807, 2.05) is 24.4 Å². The number of nitrogens with zero attached hydrogens (tertiary/aromatic N) is 8. The first-order chi connectivity index (χ1) is 23.3. The summed E-state index contributed by atoms with van der Waals surface area (Å²) in [5, 5.41) is 18.1. The number of fused-ring (bicyclic) bond motifs is 1. The van der Waals surface area contributed by atoms with Crippen molar-refractivity contribution in [2.24, 2.45) is 0 Å². The number of pyridine rings is 2. The number of hydrogen-bond acceptors (Lipinski definition) is 9. The Labute approximate surface area is 275 Å². The molecular formula is C34H34F2N8O4. The van der Waals surface area contributed by atoms with E-state index in [0.717, 1.165) is 42.7 Å². The number of carbonyl (C=O) groups is 1. The summed E-state index contributed by atoms with van der Waals surface area (Å²) in [4.78, 5) is 31.8. The maximum Gasteiger partial charge on any atom is 0.303 e. The largest absolute Gasteiger partial charge is 0.484 e. The molecule has 0 aliphatic carbocycles. The van der Waals surface area contributed by atoms with E-state index in [0.29, 0.717) is 43.7 Å². The fourth-order valence-corrected chi connectivity index (χ4v) is 5.70. The molecule has 1 fully saturated rings. The van der Waals surface area contributed by atoms with Crippen LogP contribution in [0, 0.1) is 23.0 Å². The Kier molecular flexibility index (Phi) is 9.86. The van der Waals surface area contributed by atoms with Crippen LogP contribution < -0.4 is 9.47 Å². The summed E-state index contributed by atoms with van der Waals surface area (Å²) in [5.41, 5.74) is 3.31. The number of nitriles is 1. The molecule has 12 nitrogen and oxygen atoms in total. The van der Waals surface area contributed by atoms with Gasteiger partial charge in [-0.15, -0.1) is 0 Å². The van der Waals surface area contributed by atoms with E-state index in [-0.39, 0.29) is 42.0 Å². The predicted octanol–water partition coefficient (Wildman–Crippen LogP) is 4.88. The van der Waals surface area contributed by atoms with Crippen LogP contribution in [0.3, 0.4) is 0 Å². The van der Waals surface area contributed by atoms with Crippen LogP contribution in [0.25, 0.3) is 11.2 Å². The van der Waals surface area contributed by atoms with Gasteiger partial charge in [0.2, 0.25) is 5.88 Å². The molecule has 0 radical (unpaired) electrons. The van der Waals surface area contributed by atoms with Crippen molar-refractivity contribution in [1.82, 2.24) is 34.0 Å². The van der Waals surface area contributed by atoms with Crippen molar-refractivity contribution >= 4 is 17.1 Å². The Bertz CT molecular complexity index is 1960. The van der Waals surface area contributed by atoms with Gasteiger partial charge in [0, 0.05) is 44.0 Å². The summed E-state index contributed by atoms with van der Waals surface area (Å²) in [7, 11) is 0. The van der Waals surface area contributed by atoms with Crippen molar-refractivity contribution in [2.45, 2.75) is 65.0 Å². The van der Waals surface area contributed by atoms with E-state index in [2.05, 4.69) is 30.9 Å². The zero-order chi connectivity index (χ0) is 33.6. The molecule has 0 amide bonds. The topological polar surface area (TPSA) is 144 Å². The van der Waals surface area contributed by atoms with Crippen LogP contribution in [0.4, 0.5) is 8.78 Å². The maximum absolute atomic E-state index is 14.5. The second-order valence-electron chi connectivity index (χ2n) is 11.5. The van der Waals surface area contributed by atoms with Gasteiger partial charge in [0.05, 0.1) is 43.2 Å². The minimum Gasteiger partial charge on any atom is -0.484 e. The number of aliphatic carboxylic acids is 1. The fraction of sp³-hybridized carbons (Fsp3) is 0.353. The van der Waals surface area contributed by atoms with Gasteiger partial charge in [-0.1, -0.05) is 0 Å². The number of aryl methyl sites for hydroxylation is 2. The lowest BCUT2D eigenvalue weighted by Gasteiger charge is -2.31. The predicted molar refractivity (Wildman–Crippen MR) is 169 cm³/mol. The van der Waals surface area contributed by atoms with E-state index in [1.54, 1.807) is 6.33 Å². The number of carboxylic acid groups (broad SMARTS) is 1. The summed E-state index contributed by atoms with van der Waals surface area (Å²) in [6, 6.07) is 12.1. The third kappa shape index (κ3) is 7.58. The van der Waals surface area contributed by atoms with Crippen LogP contribution in [0.15, 0.2) is 55.0 Å². The van der Waals surface area contributed by atoms with E-state index < -0.39 is 17.6 Å². The van der Waals surface area contributed by atoms with Crippen molar-refractivity contribution in [3.63, 3.8) is 0 Å². The van der Waals surface area contributed by atoms with Crippen LogP contribution >= 0.6 is 0 Å². The first-order valence-corrected chi connectivity index (χ1v) is 15.7. The van der Waals surface area contributed by atoms with Gasteiger partial charge in [-0.2, -0.15) is 5.26 Å². The smallest absolute Gasteiger partial charge is 0.303 e. The van der Waals surface area contributed by atoms with Crippen LogP contribution in [-0.2, 0) is 37.5 Å². The monoisotopic (exact) mass is 656 g/mol. The van der Waals surface area contributed by atoms with Gasteiger partial charge in [0.1, 0.15) is 35.6 Å². The van der Waals surface area contributed by atoms with Crippen molar-refractivity contribution < 1.29 is 28.2 Å². The van der Waals surface area contributed by atoms with E-state index in [9.17, 15) is 13.6 Å². The van der Waals surface area contributed by atoms with Crippen LogP contribution in [0.1, 0.15) is 54.7 Å². The van der Waals surface area contributed by atoms with E-state index in [4.69, 9.17) is 29.8 Å². The Balaban J connectivity index is 1.11. The highest BCUT2D eigenvalue weighted by Gasteiger charge is 2.24. The van der Waals surface area contributed by atoms with Crippen LogP contribution in [0.2, 0.25) is 0 Å². The van der Waals surface area contributed by atoms with Gasteiger partial charge in [0.25, 0.3) is 0 Å². The second-order valence-corrected chi connectivity index (χ2v) is 11.5. The lowest BCUT2D eigenvalue weighted by Crippen LogP contribution is -2.38. The molecular weight excluding hydrogens is 622 g/mol. The molecule has 1 aromatic carbocycles. The molecule has 5 aromatic rings. The average molecular weight is 657 g/mol. The van der Waals surface area contributed by atoms with Crippen molar-refractivity contribution in [3.8, 4) is 17.7 Å². The Morgan fingerprint density at radius 1 is 1.06 bits per heavy atom. The Morgan fingerprint density at radius 2 is 1.90 bits per heavy atom. The lowest BCUT2D eigenvalue weighted by atomic mass is 10.1. The Hall–Kier alpha value is -5.42. The first kappa shape index (κ1) is 32.5. The molecule has 248 valence electrons. The summed E-state index contributed by atoms with van der Waals surface area (Å²) in [6.45, 7) is 5.09. The zero-order valence-electron chi connectivity index (χ0n) is 26.4. The zero-order valence-corrected chi connectivity index (χ0v) is 26.4. The molecule has 1 saturated heterocycles. The van der Waals surface area contributed by atoms with Gasteiger partial charge < -0.3 is 23.7 Å². The number of carboxylic acids is 1. The quantitative estimate of drug-likeness (QED) is 0.186. The van der Waals surface area contributed by atoms with E-state index in [1.165, 1.54) is 24.3 Å². The SMILES string of the molecule is CCn1cncc1Cn1c(CN2CCC(Oc3ccc(F)c(COc4ccc(C#N)cc4F)n3)CC2)nc2ccc(CCC(=O)O)nc21. The standard InChI is InChI=1S/C34H34F2N8O4/c1-2-43-21-38-17-24(43)18-44-31(40-28-7-4-23(39-34(28)44)5-10-33(45)46)19-42-13-11-25(12-14-42)48-32-9-6-26(35)29(41-32)20-47-30-8-3-22(16-37)15-27(30)36/h3-4,6-9,15,17,21,25H,2,5,10-14,18-20H2,1H3,(H,45,46). The van der Waals surface area contributed by atoms with Gasteiger partial charge in [-0.25, -0.2) is 28.7 Å². The third-order valence-electron chi connectivity index (χ3n) is 8.29. The molecule has 1 aliphatic heterocycles. The van der Waals surface area contributed by atoms with Crippen molar-refractivity contribution in [3.05, 3.63) is 95.1 Å². The number of imidazole rings is 2. The third-order valence-corrected chi connectivity index (χ3v) is 8.29. The summed E-state index contributed by atoms with van der Waals surface area (Å²) >= 11 is 0. The normalized spacial score (nSPS) is 13.9. The minimum atomic E-state index is -0.869. The molecule has 0 bridgehead atoms. The molecule has 4 aromatic heterocycles. The van der Waals surface area contributed by atoms with Gasteiger partial charge in [0.15, 0.2) is 17.2 Å². The molecule has 14 heteroatoms. The van der Waals surface area contributed by atoms with Gasteiger partial charge >= 0.3 is 5.97 Å². The lowest BCUT2D eigenvalue weighted by molar-refractivity contribution is -0.136. The van der Waals surface area contributed by atoms with E-state index >= 15 is 0 Å². The molecule has 48 heavy (non-hydrogen) atoms. The summed E-state index contributed by atoms with van der Waals surface area (Å²) in [5.74, 6) is -1.18. The average Bonchev–Trinajstić information content (AvgIpc) is 3.68. The van der Waals surface area contributed by atoms with Crippen molar-refractivity contribution in [1.29, 1.82) is 5.26 Å². The van der Waals surface area contributed by atoms with Gasteiger partial charge in [-0.05, 0) is 56.2 Å². The highest BCUT2D eigenvalue weighted by molar-refractivity contribution is 5.72. The number of ether oxygens (including phenoxy) is 2. The first-order valence-electron chi connectivity index (χ1n) is 15.7. The molecule has 1 N–H and O–H groups in total. The molecule has 0 saturated carbocycles. The number of halogens is 2. The maximum atomic E-state index is 14.5. The number of hydrogen-bond donors (Lipinski definition) is 1.